The van der Waals surface area contributed by atoms with Gasteiger partial charge in [0, 0.05) is 10.0 Å². The molecule has 1 aliphatic carbocycles. The molecule has 0 saturated carbocycles. The number of fused-ring (bicyclic) bond motifs is 3. The second-order valence-electron chi connectivity index (χ2n) is 7.47. The van der Waals surface area contributed by atoms with Gasteiger partial charge in [0.15, 0.2) is 0 Å². The Hall–Kier alpha value is -3.16. The van der Waals surface area contributed by atoms with Crippen molar-refractivity contribution in [1.29, 1.82) is 0 Å². The average molecular weight is 433 g/mol. The average Bonchev–Trinajstić information content (AvgIpc) is 3.14. The first-order valence-corrected chi connectivity index (χ1v) is 10.6. The van der Waals surface area contributed by atoms with Gasteiger partial charge in [-0.25, -0.2) is 0 Å². The molecule has 0 fully saturated rings. The van der Waals surface area contributed by atoms with Crippen molar-refractivity contribution in [2.45, 2.75) is 0 Å². The van der Waals surface area contributed by atoms with Crippen LogP contribution in [0.4, 0.5) is 0 Å². The topological polar surface area (TPSA) is 0 Å². The molecule has 0 bridgehead atoms. The Labute approximate surface area is 178 Å². The van der Waals surface area contributed by atoms with E-state index >= 15 is 0 Å². The van der Waals surface area contributed by atoms with Crippen molar-refractivity contribution in [1.82, 2.24) is 0 Å². The summed E-state index contributed by atoms with van der Waals surface area (Å²) in [7, 11) is 0. The van der Waals surface area contributed by atoms with Crippen molar-refractivity contribution >= 4 is 26.7 Å². The summed E-state index contributed by atoms with van der Waals surface area (Å²) in [6.07, 6.45) is 0. The smallest absolute Gasteiger partial charge is 0.0260 e. The lowest BCUT2D eigenvalue weighted by atomic mass is 9.88. The van der Waals surface area contributed by atoms with Crippen molar-refractivity contribution in [3.63, 3.8) is 0 Å². The van der Waals surface area contributed by atoms with Crippen LogP contribution in [0.1, 0.15) is 0 Å². The Kier molecular flexibility index (Phi) is 3.72. The van der Waals surface area contributed by atoms with Crippen LogP contribution < -0.4 is 0 Å². The lowest BCUT2D eigenvalue weighted by Gasteiger charge is -2.16. The molecule has 0 spiro atoms. The van der Waals surface area contributed by atoms with E-state index in [-0.39, 0.29) is 0 Å². The molecule has 0 saturated heterocycles. The minimum Gasteiger partial charge on any atom is -0.0622 e. The Bertz CT molecular complexity index is 1380. The molecule has 0 N–H and O–H groups in total. The fraction of sp³-hybridized carbons (Fsp3) is 0. The largest absolute Gasteiger partial charge is 0.0622 e. The number of benzene rings is 5. The summed E-state index contributed by atoms with van der Waals surface area (Å²) < 4.78 is 1.15. The molecular weight excluding hydrogens is 416 g/mol. The second-order valence-corrected chi connectivity index (χ2v) is 8.32. The molecule has 0 amide bonds. The van der Waals surface area contributed by atoms with Crippen molar-refractivity contribution in [2.75, 3.05) is 0 Å². The van der Waals surface area contributed by atoms with Crippen LogP contribution in [-0.2, 0) is 0 Å². The molecule has 0 atom stereocenters. The summed E-state index contributed by atoms with van der Waals surface area (Å²) in [5.74, 6) is 0. The van der Waals surface area contributed by atoms with Gasteiger partial charge in [-0.1, -0.05) is 113 Å². The van der Waals surface area contributed by atoms with Gasteiger partial charge in [-0.2, -0.15) is 0 Å². The number of hydrogen-bond acceptors (Lipinski definition) is 0. The molecule has 0 aliphatic heterocycles. The molecule has 5 aromatic carbocycles. The van der Waals surface area contributed by atoms with Crippen LogP contribution in [0.2, 0.25) is 0 Å². The summed E-state index contributed by atoms with van der Waals surface area (Å²) in [6, 6.07) is 37.1. The number of hydrogen-bond donors (Lipinski definition) is 0. The molecule has 0 unspecified atom stereocenters. The fourth-order valence-electron chi connectivity index (χ4n) is 4.67. The third-order valence-corrected chi connectivity index (χ3v) is 6.55. The highest BCUT2D eigenvalue weighted by Crippen LogP contribution is 2.56. The second kappa shape index (κ2) is 6.43. The van der Waals surface area contributed by atoms with Crippen LogP contribution in [0.15, 0.2) is 108 Å². The molecule has 0 heterocycles. The predicted molar refractivity (Wildman–Crippen MR) is 127 cm³/mol. The molecule has 29 heavy (non-hydrogen) atoms. The first-order chi connectivity index (χ1) is 14.3. The van der Waals surface area contributed by atoms with E-state index in [1.165, 1.54) is 55.3 Å². The lowest BCUT2D eigenvalue weighted by molar-refractivity contribution is 1.58. The van der Waals surface area contributed by atoms with Gasteiger partial charge in [-0.15, -0.1) is 0 Å². The van der Waals surface area contributed by atoms with Crippen LogP contribution in [-0.4, -0.2) is 0 Å². The highest BCUT2D eigenvalue weighted by molar-refractivity contribution is 9.10. The van der Waals surface area contributed by atoms with Crippen molar-refractivity contribution in [3.05, 3.63) is 108 Å². The maximum atomic E-state index is 3.87. The van der Waals surface area contributed by atoms with Crippen LogP contribution in [0.5, 0.6) is 0 Å². The fourth-order valence-corrected chi connectivity index (χ4v) is 5.19. The van der Waals surface area contributed by atoms with Crippen LogP contribution in [0, 0.1) is 0 Å². The normalized spacial score (nSPS) is 11.6. The Morgan fingerprint density at radius 1 is 0.414 bits per heavy atom. The van der Waals surface area contributed by atoms with Gasteiger partial charge in [0.2, 0.25) is 0 Å². The summed E-state index contributed by atoms with van der Waals surface area (Å²) in [4.78, 5) is 0. The van der Waals surface area contributed by atoms with E-state index in [1.54, 1.807) is 0 Å². The highest BCUT2D eigenvalue weighted by Gasteiger charge is 2.28. The summed E-state index contributed by atoms with van der Waals surface area (Å²) >= 11 is 3.87. The molecule has 6 rings (SSSR count). The zero-order valence-corrected chi connectivity index (χ0v) is 17.3. The zero-order valence-electron chi connectivity index (χ0n) is 15.7. The van der Waals surface area contributed by atoms with Crippen LogP contribution in [0.3, 0.4) is 0 Å². The molecular formula is C28H17Br. The molecule has 0 aromatic heterocycles. The quantitative estimate of drug-likeness (QED) is 0.257. The molecule has 0 radical (unpaired) electrons. The first kappa shape index (κ1) is 16.8. The van der Waals surface area contributed by atoms with E-state index in [9.17, 15) is 0 Å². The number of halogens is 1. The third kappa shape index (κ3) is 2.44. The molecule has 1 aliphatic rings. The first-order valence-electron chi connectivity index (χ1n) is 9.83. The molecule has 1 heteroatoms. The van der Waals surface area contributed by atoms with E-state index in [4.69, 9.17) is 0 Å². The van der Waals surface area contributed by atoms with E-state index in [0.717, 1.165) is 4.47 Å². The molecule has 136 valence electrons. The highest BCUT2D eigenvalue weighted by atomic mass is 79.9. The summed E-state index contributed by atoms with van der Waals surface area (Å²) in [6.45, 7) is 0. The maximum absolute atomic E-state index is 3.87. The van der Waals surface area contributed by atoms with Gasteiger partial charge in [0.25, 0.3) is 0 Å². The standard InChI is InChI=1S/C28H17Br/c29-24-17-14-20-12-7-13-23-25(20)28(24)27-22(19-10-5-2-6-11-19)16-15-21(26(23)27)18-8-3-1-4-9-18/h1-17H. The maximum Gasteiger partial charge on any atom is 0.0260 e. The van der Waals surface area contributed by atoms with Crippen molar-refractivity contribution in [2.24, 2.45) is 0 Å². The minimum atomic E-state index is 1.15. The lowest BCUT2D eigenvalue weighted by Crippen LogP contribution is -1.89. The monoisotopic (exact) mass is 432 g/mol. The van der Waals surface area contributed by atoms with Gasteiger partial charge in [0.1, 0.15) is 0 Å². The van der Waals surface area contributed by atoms with E-state index in [0.29, 0.717) is 0 Å². The van der Waals surface area contributed by atoms with Gasteiger partial charge in [0.05, 0.1) is 0 Å². The Morgan fingerprint density at radius 2 is 1.03 bits per heavy atom. The van der Waals surface area contributed by atoms with E-state index in [1.807, 2.05) is 0 Å². The Balaban J connectivity index is 1.80. The van der Waals surface area contributed by atoms with E-state index < -0.39 is 0 Å². The third-order valence-electron chi connectivity index (χ3n) is 5.89. The molecule has 0 nitrogen and oxygen atoms in total. The number of rotatable bonds is 2. The van der Waals surface area contributed by atoms with Crippen molar-refractivity contribution < 1.29 is 0 Å². The van der Waals surface area contributed by atoms with Gasteiger partial charge < -0.3 is 0 Å². The van der Waals surface area contributed by atoms with E-state index in [2.05, 4.69) is 119 Å². The van der Waals surface area contributed by atoms with Crippen molar-refractivity contribution in [3.8, 4) is 44.5 Å². The van der Waals surface area contributed by atoms with Crippen LogP contribution >= 0.6 is 15.9 Å². The summed E-state index contributed by atoms with van der Waals surface area (Å²) in [5, 5.41) is 2.63. The molecule has 5 aromatic rings. The SMILES string of the molecule is Brc1ccc2cccc3c2c1-c1c(-c2ccccc2)ccc(-c2ccccc2)c1-3. The zero-order chi connectivity index (χ0) is 19.4. The predicted octanol–water partition coefficient (Wildman–Crippen LogP) is 8.58. The summed E-state index contributed by atoms with van der Waals surface area (Å²) in [5.41, 5.74) is 10.4. The van der Waals surface area contributed by atoms with Crippen LogP contribution in [0.25, 0.3) is 55.3 Å². The minimum absolute atomic E-state index is 1.15. The van der Waals surface area contributed by atoms with Gasteiger partial charge in [-0.05, 0) is 55.8 Å². The van der Waals surface area contributed by atoms with Gasteiger partial charge in [-0.3, -0.25) is 0 Å². The Morgan fingerprint density at radius 3 is 1.69 bits per heavy atom. The van der Waals surface area contributed by atoms with Gasteiger partial charge >= 0.3 is 0 Å².